The van der Waals surface area contributed by atoms with Crippen molar-refractivity contribution in [2.75, 3.05) is 13.2 Å². The summed E-state index contributed by atoms with van der Waals surface area (Å²) in [4.78, 5) is 38.4. The van der Waals surface area contributed by atoms with Crippen LogP contribution in [0.2, 0.25) is 0 Å². The number of allylic oxidation sites excluding steroid dienone is 8. The zero-order chi connectivity index (χ0) is 55.7. The first-order chi connectivity index (χ1) is 38.0. The summed E-state index contributed by atoms with van der Waals surface area (Å²) in [6.45, 7) is 6.62. The molecule has 0 radical (unpaired) electrons. The monoisotopic (exact) mass is 1080 g/mol. The highest BCUT2D eigenvalue weighted by Gasteiger charge is 2.19. The molecule has 0 saturated carbocycles. The smallest absolute Gasteiger partial charge is 0.306 e. The minimum absolute atomic E-state index is 0.0774. The lowest BCUT2D eigenvalue weighted by Crippen LogP contribution is -2.30. The molecular formula is C71H130O6. The molecule has 0 heterocycles. The first-order valence-electron chi connectivity index (χ1n) is 34.1. The highest BCUT2D eigenvalue weighted by molar-refractivity contribution is 5.71. The quantitative estimate of drug-likeness (QED) is 0.0261. The molecule has 6 heteroatoms. The molecular weight excluding hydrogens is 949 g/mol. The maximum atomic E-state index is 12.9. The molecule has 0 aliphatic heterocycles. The maximum Gasteiger partial charge on any atom is 0.306 e. The Hall–Kier alpha value is -2.63. The van der Waals surface area contributed by atoms with Gasteiger partial charge in [-0.25, -0.2) is 0 Å². The van der Waals surface area contributed by atoms with Gasteiger partial charge in [-0.2, -0.15) is 0 Å². The fourth-order valence-corrected chi connectivity index (χ4v) is 10.1. The third-order valence-corrected chi connectivity index (χ3v) is 15.3. The average molecular weight is 1080 g/mol. The molecule has 0 aliphatic rings. The lowest BCUT2D eigenvalue weighted by Gasteiger charge is -2.18. The first-order valence-corrected chi connectivity index (χ1v) is 34.1. The summed E-state index contributed by atoms with van der Waals surface area (Å²) in [7, 11) is 0. The van der Waals surface area contributed by atoms with Gasteiger partial charge in [-0.3, -0.25) is 14.4 Å². The molecule has 0 aromatic carbocycles. The van der Waals surface area contributed by atoms with Crippen LogP contribution in [-0.4, -0.2) is 37.2 Å². The lowest BCUT2D eigenvalue weighted by atomic mass is 10.0. The standard InChI is InChI=1S/C71H130O6/c1-4-7-10-13-16-19-22-25-28-30-32-33-34-35-36-37-38-39-40-42-43-46-49-52-55-58-61-64-70(73)76-67-68(66-75-69(72)63-60-57-54-51-48-45-27-24-21-18-15-12-9-6-3)77-71(74)65-62-59-56-53-50-47-44-41-31-29-26-23-20-17-14-11-8-5-2/h15,18,20,23-24,27,29,31,68H,4-14,16-17,19,21-22,25-26,28,30,32-67H2,1-3H3/b18-15-,23-20-,27-24-,31-29-. The Morgan fingerprint density at radius 2 is 0.481 bits per heavy atom. The van der Waals surface area contributed by atoms with Gasteiger partial charge < -0.3 is 14.2 Å². The SMILES string of the molecule is CCCC/C=C\C/C=C\CCCCCCCC(=O)OCC(COC(=O)CCCCCCCCCCCCCCCCCCCCCCCCCCCCC)OC(=O)CCCCCCCCC/C=C\C/C=C\CCCCCC. The van der Waals surface area contributed by atoms with Crippen molar-refractivity contribution in [2.24, 2.45) is 0 Å². The van der Waals surface area contributed by atoms with E-state index in [1.54, 1.807) is 0 Å². The summed E-state index contributed by atoms with van der Waals surface area (Å²) in [5, 5.41) is 0. The van der Waals surface area contributed by atoms with E-state index in [1.165, 1.54) is 238 Å². The van der Waals surface area contributed by atoms with Gasteiger partial charge >= 0.3 is 17.9 Å². The van der Waals surface area contributed by atoms with Crippen LogP contribution in [0.25, 0.3) is 0 Å². The van der Waals surface area contributed by atoms with Gasteiger partial charge in [0.15, 0.2) is 6.10 Å². The van der Waals surface area contributed by atoms with Crippen molar-refractivity contribution in [3.05, 3.63) is 48.6 Å². The molecule has 0 amide bonds. The zero-order valence-corrected chi connectivity index (χ0v) is 51.7. The predicted octanol–water partition coefficient (Wildman–Crippen LogP) is 23.3. The summed E-state index contributed by atoms with van der Waals surface area (Å²) in [5.41, 5.74) is 0. The molecule has 0 aliphatic carbocycles. The van der Waals surface area contributed by atoms with Crippen LogP contribution in [0.4, 0.5) is 0 Å². The number of carbonyl (C=O) groups excluding carboxylic acids is 3. The van der Waals surface area contributed by atoms with Crippen molar-refractivity contribution >= 4 is 17.9 Å². The normalized spacial score (nSPS) is 12.3. The van der Waals surface area contributed by atoms with Gasteiger partial charge in [-0.15, -0.1) is 0 Å². The minimum Gasteiger partial charge on any atom is -0.462 e. The van der Waals surface area contributed by atoms with E-state index >= 15 is 0 Å². The maximum absolute atomic E-state index is 12.9. The van der Waals surface area contributed by atoms with Crippen LogP contribution in [0, 0.1) is 0 Å². The van der Waals surface area contributed by atoms with Crippen molar-refractivity contribution in [2.45, 2.75) is 374 Å². The van der Waals surface area contributed by atoms with Gasteiger partial charge in [-0.1, -0.05) is 320 Å². The number of esters is 3. The fraction of sp³-hybridized carbons (Fsp3) is 0.845. The Morgan fingerprint density at radius 1 is 0.260 bits per heavy atom. The Bertz CT molecular complexity index is 1330. The zero-order valence-electron chi connectivity index (χ0n) is 51.7. The summed E-state index contributed by atoms with van der Waals surface area (Å²) in [6.07, 6.45) is 82.8. The third kappa shape index (κ3) is 64.1. The Morgan fingerprint density at radius 3 is 0.766 bits per heavy atom. The molecule has 6 nitrogen and oxygen atoms in total. The van der Waals surface area contributed by atoms with E-state index < -0.39 is 6.10 Å². The highest BCUT2D eigenvalue weighted by Crippen LogP contribution is 2.18. The number of rotatable bonds is 63. The number of unbranched alkanes of at least 4 members (excludes halogenated alkanes) is 44. The Balaban J connectivity index is 4.24. The van der Waals surface area contributed by atoms with Crippen molar-refractivity contribution < 1.29 is 28.6 Å². The topological polar surface area (TPSA) is 78.9 Å². The summed E-state index contributed by atoms with van der Waals surface area (Å²) in [5.74, 6) is -0.878. The minimum atomic E-state index is -0.783. The molecule has 0 N–H and O–H groups in total. The van der Waals surface area contributed by atoms with E-state index in [2.05, 4.69) is 69.4 Å². The van der Waals surface area contributed by atoms with Gasteiger partial charge in [0.25, 0.3) is 0 Å². The Kier molecular flexibility index (Phi) is 63.6. The molecule has 0 rings (SSSR count). The van der Waals surface area contributed by atoms with E-state index in [9.17, 15) is 14.4 Å². The second-order valence-electron chi connectivity index (χ2n) is 23.1. The highest BCUT2D eigenvalue weighted by atomic mass is 16.6. The number of carbonyl (C=O) groups is 3. The van der Waals surface area contributed by atoms with E-state index in [-0.39, 0.29) is 31.1 Å². The van der Waals surface area contributed by atoms with Crippen LogP contribution in [-0.2, 0) is 28.6 Å². The largest absolute Gasteiger partial charge is 0.462 e. The molecule has 0 bridgehead atoms. The molecule has 0 spiro atoms. The van der Waals surface area contributed by atoms with Crippen molar-refractivity contribution in [3.63, 3.8) is 0 Å². The number of hydrogen-bond acceptors (Lipinski definition) is 6. The molecule has 77 heavy (non-hydrogen) atoms. The Labute approximate surface area is 479 Å². The molecule has 0 aromatic heterocycles. The van der Waals surface area contributed by atoms with E-state index in [1.807, 2.05) is 0 Å². The van der Waals surface area contributed by atoms with E-state index in [4.69, 9.17) is 14.2 Å². The van der Waals surface area contributed by atoms with Gasteiger partial charge in [0.2, 0.25) is 0 Å². The van der Waals surface area contributed by atoms with Gasteiger partial charge in [0.05, 0.1) is 0 Å². The molecule has 1 unspecified atom stereocenters. The van der Waals surface area contributed by atoms with E-state index in [0.717, 1.165) is 89.9 Å². The van der Waals surface area contributed by atoms with Crippen LogP contribution < -0.4 is 0 Å². The third-order valence-electron chi connectivity index (χ3n) is 15.3. The summed E-state index contributed by atoms with van der Waals surface area (Å²) < 4.78 is 16.9. The second-order valence-corrected chi connectivity index (χ2v) is 23.1. The fourth-order valence-electron chi connectivity index (χ4n) is 10.1. The van der Waals surface area contributed by atoms with Crippen LogP contribution in [0.15, 0.2) is 48.6 Å². The molecule has 450 valence electrons. The summed E-state index contributed by atoms with van der Waals surface area (Å²) in [6, 6.07) is 0. The number of ether oxygens (including phenoxy) is 3. The van der Waals surface area contributed by atoms with Crippen LogP contribution in [0.3, 0.4) is 0 Å². The van der Waals surface area contributed by atoms with Crippen LogP contribution >= 0.6 is 0 Å². The van der Waals surface area contributed by atoms with Gasteiger partial charge in [0.1, 0.15) is 13.2 Å². The first kappa shape index (κ1) is 74.4. The molecule has 0 aromatic rings. The van der Waals surface area contributed by atoms with Crippen LogP contribution in [0.1, 0.15) is 367 Å². The van der Waals surface area contributed by atoms with Crippen LogP contribution in [0.5, 0.6) is 0 Å². The number of hydrogen-bond donors (Lipinski definition) is 0. The van der Waals surface area contributed by atoms with E-state index in [0.29, 0.717) is 19.3 Å². The molecule has 1 atom stereocenters. The van der Waals surface area contributed by atoms with Crippen molar-refractivity contribution in [1.29, 1.82) is 0 Å². The predicted molar refractivity (Wildman–Crippen MR) is 335 cm³/mol. The summed E-state index contributed by atoms with van der Waals surface area (Å²) >= 11 is 0. The second kappa shape index (κ2) is 65.9. The average Bonchev–Trinajstić information content (AvgIpc) is 3.43. The van der Waals surface area contributed by atoms with Crippen molar-refractivity contribution in [3.8, 4) is 0 Å². The van der Waals surface area contributed by atoms with Gasteiger partial charge in [-0.05, 0) is 77.0 Å². The van der Waals surface area contributed by atoms with Crippen molar-refractivity contribution in [1.82, 2.24) is 0 Å². The molecule has 0 saturated heterocycles. The lowest BCUT2D eigenvalue weighted by molar-refractivity contribution is -0.167. The van der Waals surface area contributed by atoms with Gasteiger partial charge in [0, 0.05) is 19.3 Å². The molecule has 0 fully saturated rings.